The van der Waals surface area contributed by atoms with Gasteiger partial charge in [-0.1, -0.05) is 31.4 Å². The van der Waals surface area contributed by atoms with Crippen LogP contribution in [-0.2, 0) is 0 Å². The van der Waals surface area contributed by atoms with Crippen molar-refractivity contribution in [3.05, 3.63) is 58.4 Å². The number of aromatic nitrogens is 1. The Bertz CT molecular complexity index is 717. The fourth-order valence-corrected chi connectivity index (χ4v) is 3.10. The number of amides is 1. The summed E-state index contributed by atoms with van der Waals surface area (Å²) in [6, 6.07) is 10.1. The summed E-state index contributed by atoms with van der Waals surface area (Å²) >= 11 is 0. The third kappa shape index (κ3) is 3.26. The van der Waals surface area contributed by atoms with Crippen molar-refractivity contribution < 1.29 is 9.72 Å². The minimum absolute atomic E-state index is 0.0181. The van der Waals surface area contributed by atoms with Gasteiger partial charge in [0.05, 0.1) is 4.92 Å². The van der Waals surface area contributed by atoms with Crippen molar-refractivity contribution in [2.75, 3.05) is 0 Å². The summed E-state index contributed by atoms with van der Waals surface area (Å²) in [5.41, 5.74) is 0.802. The zero-order chi connectivity index (χ0) is 16.2. The van der Waals surface area contributed by atoms with Gasteiger partial charge in [-0.3, -0.25) is 14.9 Å². The number of hydrogen-bond acceptors (Lipinski definition) is 3. The molecule has 6 nitrogen and oxygen atoms in total. The molecule has 0 unspecified atom stereocenters. The number of nitro groups is 1. The number of carbonyl (C=O) groups is 1. The quantitative estimate of drug-likeness (QED) is 0.693. The summed E-state index contributed by atoms with van der Waals surface area (Å²) in [6.45, 7) is 0. The van der Waals surface area contributed by atoms with Gasteiger partial charge in [-0.05, 0) is 31.0 Å². The summed E-state index contributed by atoms with van der Waals surface area (Å²) in [5, 5.41) is 14.3. The first kappa shape index (κ1) is 15.3. The normalized spacial score (nSPS) is 15.3. The molecule has 1 N–H and O–H groups in total. The molecule has 1 fully saturated rings. The standard InChI is InChI=1S/C17H19N3O3/c21-17(18-13-7-2-1-3-8-13)16-11-6-12-19(16)14-9-4-5-10-15(14)20(22)23/h4-6,9-13H,1-3,7-8H2,(H,18,21). The molecule has 1 heterocycles. The van der Waals surface area contributed by atoms with E-state index in [0.29, 0.717) is 11.4 Å². The lowest BCUT2D eigenvalue weighted by Gasteiger charge is -2.23. The van der Waals surface area contributed by atoms with Gasteiger partial charge >= 0.3 is 0 Å². The molecule has 1 aliphatic carbocycles. The number of para-hydroxylation sites is 2. The average Bonchev–Trinajstić information content (AvgIpc) is 3.05. The number of nitrogens with zero attached hydrogens (tertiary/aromatic N) is 2. The Hall–Kier alpha value is -2.63. The highest BCUT2D eigenvalue weighted by atomic mass is 16.6. The molecule has 1 aromatic heterocycles. The van der Waals surface area contributed by atoms with Crippen molar-refractivity contribution in [1.82, 2.24) is 9.88 Å². The van der Waals surface area contributed by atoms with Gasteiger partial charge in [-0.15, -0.1) is 0 Å². The summed E-state index contributed by atoms with van der Waals surface area (Å²) in [6.07, 6.45) is 7.17. The van der Waals surface area contributed by atoms with Crippen LogP contribution < -0.4 is 5.32 Å². The molecule has 6 heteroatoms. The zero-order valence-corrected chi connectivity index (χ0v) is 12.8. The van der Waals surface area contributed by atoms with E-state index in [1.165, 1.54) is 12.5 Å². The van der Waals surface area contributed by atoms with Crippen LogP contribution in [0.25, 0.3) is 5.69 Å². The minimum atomic E-state index is -0.432. The van der Waals surface area contributed by atoms with Crippen LogP contribution in [0.1, 0.15) is 42.6 Å². The molecule has 0 saturated heterocycles. The molecule has 120 valence electrons. The monoisotopic (exact) mass is 313 g/mol. The van der Waals surface area contributed by atoms with Crippen molar-refractivity contribution in [3.63, 3.8) is 0 Å². The van der Waals surface area contributed by atoms with Gasteiger partial charge in [-0.2, -0.15) is 0 Å². The van der Waals surface area contributed by atoms with Crippen molar-refractivity contribution in [3.8, 4) is 5.69 Å². The average molecular weight is 313 g/mol. The smallest absolute Gasteiger partial charge is 0.293 e. The largest absolute Gasteiger partial charge is 0.348 e. The van der Waals surface area contributed by atoms with Crippen LogP contribution in [0.5, 0.6) is 0 Å². The van der Waals surface area contributed by atoms with E-state index in [1.54, 1.807) is 41.1 Å². The topological polar surface area (TPSA) is 77.2 Å². The van der Waals surface area contributed by atoms with Gasteiger partial charge < -0.3 is 9.88 Å². The molecule has 1 saturated carbocycles. The highest BCUT2D eigenvalue weighted by Gasteiger charge is 2.21. The highest BCUT2D eigenvalue weighted by Crippen LogP contribution is 2.24. The lowest BCUT2D eigenvalue weighted by Crippen LogP contribution is -2.37. The molecule has 0 bridgehead atoms. The van der Waals surface area contributed by atoms with Crippen molar-refractivity contribution >= 4 is 11.6 Å². The summed E-state index contributed by atoms with van der Waals surface area (Å²) < 4.78 is 1.58. The van der Waals surface area contributed by atoms with Crippen LogP contribution in [0.3, 0.4) is 0 Å². The van der Waals surface area contributed by atoms with Gasteiger partial charge in [0.25, 0.3) is 11.6 Å². The zero-order valence-electron chi connectivity index (χ0n) is 12.8. The number of hydrogen-bond donors (Lipinski definition) is 1. The van der Waals surface area contributed by atoms with Crippen LogP contribution in [0, 0.1) is 10.1 Å². The van der Waals surface area contributed by atoms with Gasteiger partial charge in [0, 0.05) is 18.3 Å². The van der Waals surface area contributed by atoms with E-state index in [0.717, 1.165) is 25.7 Å². The van der Waals surface area contributed by atoms with E-state index >= 15 is 0 Å². The Morgan fingerprint density at radius 3 is 2.61 bits per heavy atom. The maximum atomic E-state index is 12.5. The molecule has 1 amide bonds. The number of nitro benzene ring substituents is 1. The molecule has 2 aromatic rings. The lowest BCUT2D eigenvalue weighted by atomic mass is 9.95. The highest BCUT2D eigenvalue weighted by molar-refractivity contribution is 5.93. The molecule has 0 aliphatic heterocycles. The van der Waals surface area contributed by atoms with Crippen molar-refractivity contribution in [1.29, 1.82) is 0 Å². The van der Waals surface area contributed by atoms with E-state index in [-0.39, 0.29) is 17.6 Å². The first-order valence-corrected chi connectivity index (χ1v) is 7.89. The lowest BCUT2D eigenvalue weighted by molar-refractivity contribution is -0.384. The first-order chi connectivity index (χ1) is 11.2. The van der Waals surface area contributed by atoms with Crippen LogP contribution in [0.15, 0.2) is 42.6 Å². The molecule has 1 aliphatic rings. The molecule has 0 spiro atoms. The van der Waals surface area contributed by atoms with Crippen LogP contribution in [0.2, 0.25) is 0 Å². The Morgan fingerprint density at radius 1 is 1.13 bits per heavy atom. The second-order valence-electron chi connectivity index (χ2n) is 5.82. The Morgan fingerprint density at radius 2 is 1.87 bits per heavy atom. The second kappa shape index (κ2) is 6.64. The van der Waals surface area contributed by atoms with Crippen molar-refractivity contribution in [2.24, 2.45) is 0 Å². The van der Waals surface area contributed by atoms with E-state index < -0.39 is 4.92 Å². The summed E-state index contributed by atoms with van der Waals surface area (Å²) in [4.78, 5) is 23.3. The maximum absolute atomic E-state index is 12.5. The van der Waals surface area contributed by atoms with Gasteiger partial charge in [0.15, 0.2) is 0 Å². The molecule has 23 heavy (non-hydrogen) atoms. The van der Waals surface area contributed by atoms with E-state index in [1.807, 2.05) is 0 Å². The van der Waals surface area contributed by atoms with Gasteiger partial charge in [0.1, 0.15) is 11.4 Å². The number of rotatable bonds is 4. The van der Waals surface area contributed by atoms with Gasteiger partial charge in [0.2, 0.25) is 0 Å². The molecule has 1 aromatic carbocycles. The third-order valence-electron chi connectivity index (χ3n) is 4.26. The fraction of sp³-hybridized carbons (Fsp3) is 0.353. The third-order valence-corrected chi connectivity index (χ3v) is 4.26. The predicted octanol–water partition coefficient (Wildman–Crippen LogP) is 3.45. The molecule has 3 rings (SSSR count). The number of benzene rings is 1. The summed E-state index contributed by atoms with van der Waals surface area (Å²) in [7, 11) is 0. The van der Waals surface area contributed by atoms with Gasteiger partial charge in [-0.25, -0.2) is 0 Å². The minimum Gasteiger partial charge on any atom is -0.348 e. The van der Waals surface area contributed by atoms with E-state index in [4.69, 9.17) is 0 Å². The summed E-state index contributed by atoms with van der Waals surface area (Å²) in [5.74, 6) is -0.181. The van der Waals surface area contributed by atoms with Crippen LogP contribution in [0.4, 0.5) is 5.69 Å². The SMILES string of the molecule is O=C(NC1CCCCC1)c1cccn1-c1ccccc1[N+](=O)[O-]. The van der Waals surface area contributed by atoms with Crippen LogP contribution in [-0.4, -0.2) is 21.4 Å². The van der Waals surface area contributed by atoms with E-state index in [2.05, 4.69) is 5.32 Å². The van der Waals surface area contributed by atoms with Crippen molar-refractivity contribution in [2.45, 2.75) is 38.1 Å². The number of nitrogens with one attached hydrogen (secondary N) is 1. The number of carbonyl (C=O) groups excluding carboxylic acids is 1. The molecule has 0 radical (unpaired) electrons. The molecule has 0 atom stereocenters. The molecular weight excluding hydrogens is 294 g/mol. The van der Waals surface area contributed by atoms with E-state index in [9.17, 15) is 14.9 Å². The molecular formula is C17H19N3O3. The Balaban J connectivity index is 1.87. The maximum Gasteiger partial charge on any atom is 0.293 e. The first-order valence-electron chi connectivity index (χ1n) is 7.89. The predicted molar refractivity (Wildman–Crippen MR) is 86.8 cm³/mol. The van der Waals surface area contributed by atoms with Crippen LogP contribution >= 0.6 is 0 Å². The Kier molecular flexibility index (Phi) is 4.41. The Labute approximate surface area is 134 Å². The second-order valence-corrected chi connectivity index (χ2v) is 5.82. The fourth-order valence-electron chi connectivity index (χ4n) is 3.10.